The molecule has 3 fully saturated rings. The molecule has 1 aliphatic carbocycles. The van der Waals surface area contributed by atoms with Gasteiger partial charge in [-0.3, -0.25) is 0 Å². The average Bonchev–Trinajstić information content (AvgIpc) is 3.41. The predicted molar refractivity (Wildman–Crippen MR) is 133 cm³/mol. The summed E-state index contributed by atoms with van der Waals surface area (Å²) in [5.41, 5.74) is 2.23. The summed E-state index contributed by atoms with van der Waals surface area (Å²) in [4.78, 5) is 23.9. The molecular formula is C23H26Cl2N8. The second-order valence-corrected chi connectivity index (χ2v) is 9.82. The number of rotatable bonds is 5. The summed E-state index contributed by atoms with van der Waals surface area (Å²) >= 11 is 12.8. The van der Waals surface area contributed by atoms with Crippen molar-refractivity contribution >= 4 is 51.9 Å². The highest BCUT2D eigenvalue weighted by Crippen LogP contribution is 2.49. The van der Waals surface area contributed by atoms with Gasteiger partial charge in [-0.1, -0.05) is 35.3 Å². The van der Waals surface area contributed by atoms with Crippen LogP contribution in [-0.4, -0.2) is 59.2 Å². The van der Waals surface area contributed by atoms with Gasteiger partial charge in [-0.25, -0.2) is 9.97 Å². The smallest absolute Gasteiger partial charge is 0.229 e. The molecule has 0 atom stereocenters. The zero-order chi connectivity index (χ0) is 22.4. The standard InChI is InChI=1S/C23H26Cl2N8/c24-16-5-3-15(4-6-16)23(7-8-23)31-20-18(25)27-17-19(28-20)29-22(33-13-9-26-10-14-33)30-21(17)32-11-1-2-12-32/h3-6,26H,1-2,7-14H2,(H,28,29,30,31). The van der Waals surface area contributed by atoms with Gasteiger partial charge >= 0.3 is 0 Å². The number of nitrogens with one attached hydrogen (secondary N) is 2. The van der Waals surface area contributed by atoms with Crippen molar-refractivity contribution in [1.82, 2.24) is 25.3 Å². The molecule has 0 unspecified atom stereocenters. The minimum atomic E-state index is -0.192. The third-order valence-corrected chi connectivity index (χ3v) is 7.28. The topological polar surface area (TPSA) is 82.1 Å². The first kappa shape index (κ1) is 21.1. The number of hydrogen-bond acceptors (Lipinski definition) is 8. The van der Waals surface area contributed by atoms with Gasteiger partial charge in [0.2, 0.25) is 5.95 Å². The number of benzene rings is 1. The lowest BCUT2D eigenvalue weighted by Crippen LogP contribution is -2.44. The molecule has 0 bridgehead atoms. The Labute approximate surface area is 202 Å². The largest absolute Gasteiger partial charge is 0.358 e. The molecule has 6 rings (SSSR count). The van der Waals surface area contributed by atoms with Gasteiger partial charge in [0.1, 0.15) is 0 Å². The number of aromatic nitrogens is 4. The van der Waals surface area contributed by atoms with Crippen molar-refractivity contribution in [2.75, 3.05) is 54.4 Å². The van der Waals surface area contributed by atoms with Crippen LogP contribution >= 0.6 is 23.2 Å². The van der Waals surface area contributed by atoms with Crippen LogP contribution in [0.4, 0.5) is 17.6 Å². The van der Waals surface area contributed by atoms with Crippen molar-refractivity contribution < 1.29 is 0 Å². The first-order chi connectivity index (χ1) is 16.1. The Balaban J connectivity index is 1.41. The Hall–Kier alpha value is -2.42. The second kappa shape index (κ2) is 8.42. The third kappa shape index (κ3) is 4.05. The fourth-order valence-corrected chi connectivity index (χ4v) is 5.04. The first-order valence-corrected chi connectivity index (χ1v) is 12.4. The van der Waals surface area contributed by atoms with E-state index in [0.717, 1.165) is 75.8 Å². The molecule has 4 heterocycles. The lowest BCUT2D eigenvalue weighted by molar-refractivity contribution is 0.580. The summed E-state index contributed by atoms with van der Waals surface area (Å²) in [6, 6.07) is 7.95. The average molecular weight is 485 g/mol. The molecule has 8 nitrogen and oxygen atoms in total. The molecule has 2 aromatic heterocycles. The van der Waals surface area contributed by atoms with E-state index < -0.39 is 0 Å². The first-order valence-electron chi connectivity index (χ1n) is 11.6. The van der Waals surface area contributed by atoms with Crippen LogP contribution in [0.15, 0.2) is 24.3 Å². The Morgan fingerprint density at radius 2 is 1.58 bits per heavy atom. The molecule has 1 saturated carbocycles. The van der Waals surface area contributed by atoms with E-state index in [0.29, 0.717) is 28.1 Å². The van der Waals surface area contributed by atoms with Crippen LogP contribution in [0, 0.1) is 0 Å². The summed E-state index contributed by atoms with van der Waals surface area (Å²) < 4.78 is 0. The van der Waals surface area contributed by atoms with Gasteiger partial charge in [-0.05, 0) is 43.4 Å². The highest BCUT2D eigenvalue weighted by atomic mass is 35.5. The fourth-order valence-electron chi connectivity index (χ4n) is 4.74. The zero-order valence-electron chi connectivity index (χ0n) is 18.3. The molecule has 2 saturated heterocycles. The van der Waals surface area contributed by atoms with E-state index in [9.17, 15) is 0 Å². The molecular weight excluding hydrogens is 459 g/mol. The molecule has 33 heavy (non-hydrogen) atoms. The molecule has 1 aromatic carbocycles. The highest BCUT2D eigenvalue weighted by molar-refractivity contribution is 6.32. The van der Waals surface area contributed by atoms with Crippen molar-refractivity contribution in [2.45, 2.75) is 31.2 Å². The third-order valence-electron chi connectivity index (χ3n) is 6.77. The van der Waals surface area contributed by atoms with Crippen LogP contribution in [0.1, 0.15) is 31.2 Å². The molecule has 3 aliphatic rings. The molecule has 3 aromatic rings. The van der Waals surface area contributed by atoms with Crippen LogP contribution in [0.25, 0.3) is 11.2 Å². The van der Waals surface area contributed by atoms with Crippen molar-refractivity contribution in [3.63, 3.8) is 0 Å². The lowest BCUT2D eigenvalue weighted by atomic mass is 10.1. The van der Waals surface area contributed by atoms with Gasteiger partial charge in [0, 0.05) is 44.3 Å². The minimum Gasteiger partial charge on any atom is -0.358 e. The summed E-state index contributed by atoms with van der Waals surface area (Å²) in [5.74, 6) is 2.12. The summed E-state index contributed by atoms with van der Waals surface area (Å²) in [6.07, 6.45) is 4.30. The lowest BCUT2D eigenvalue weighted by Gasteiger charge is -2.28. The predicted octanol–water partition coefficient (Wildman–Crippen LogP) is 3.84. The Morgan fingerprint density at radius 1 is 0.848 bits per heavy atom. The Morgan fingerprint density at radius 3 is 2.27 bits per heavy atom. The number of hydrogen-bond donors (Lipinski definition) is 2. The van der Waals surface area contributed by atoms with Crippen molar-refractivity contribution in [1.29, 1.82) is 0 Å². The summed E-state index contributed by atoms with van der Waals surface area (Å²) in [6.45, 7) is 5.51. The number of anilines is 3. The maximum Gasteiger partial charge on any atom is 0.229 e. The van der Waals surface area contributed by atoms with Crippen LogP contribution in [0.5, 0.6) is 0 Å². The number of piperazine rings is 1. The van der Waals surface area contributed by atoms with E-state index in [1.807, 2.05) is 12.1 Å². The van der Waals surface area contributed by atoms with Crippen LogP contribution in [0.3, 0.4) is 0 Å². The van der Waals surface area contributed by atoms with Gasteiger partial charge in [-0.2, -0.15) is 9.97 Å². The van der Waals surface area contributed by atoms with Crippen LogP contribution < -0.4 is 20.4 Å². The number of halogens is 2. The van der Waals surface area contributed by atoms with E-state index >= 15 is 0 Å². The molecule has 172 valence electrons. The van der Waals surface area contributed by atoms with E-state index in [2.05, 4.69) is 32.6 Å². The number of nitrogens with zero attached hydrogens (tertiary/aromatic N) is 6. The summed E-state index contributed by atoms with van der Waals surface area (Å²) in [5, 5.41) is 8.03. The van der Waals surface area contributed by atoms with E-state index in [-0.39, 0.29) is 5.54 Å². The van der Waals surface area contributed by atoms with E-state index in [1.165, 1.54) is 5.56 Å². The Kier molecular flexibility index (Phi) is 5.39. The quantitative estimate of drug-likeness (QED) is 0.565. The van der Waals surface area contributed by atoms with Crippen molar-refractivity contribution in [2.24, 2.45) is 0 Å². The monoisotopic (exact) mass is 484 g/mol. The second-order valence-electron chi connectivity index (χ2n) is 9.03. The molecule has 10 heteroatoms. The molecule has 0 spiro atoms. The molecule has 0 radical (unpaired) electrons. The minimum absolute atomic E-state index is 0.192. The molecule has 2 N–H and O–H groups in total. The SMILES string of the molecule is Clc1ccc(C2(Nc3nc4nc(N5CCNCC5)nc(N5CCCC5)c4nc3Cl)CC2)cc1. The zero-order valence-corrected chi connectivity index (χ0v) is 19.8. The van der Waals surface area contributed by atoms with E-state index in [1.54, 1.807) is 0 Å². The van der Waals surface area contributed by atoms with Gasteiger partial charge in [0.05, 0.1) is 5.54 Å². The molecule has 0 amide bonds. The van der Waals surface area contributed by atoms with Crippen LogP contribution in [0.2, 0.25) is 10.2 Å². The summed E-state index contributed by atoms with van der Waals surface area (Å²) in [7, 11) is 0. The maximum absolute atomic E-state index is 6.67. The molecule has 2 aliphatic heterocycles. The van der Waals surface area contributed by atoms with Gasteiger partial charge < -0.3 is 20.4 Å². The van der Waals surface area contributed by atoms with Crippen molar-refractivity contribution in [3.8, 4) is 0 Å². The highest BCUT2D eigenvalue weighted by Gasteiger charge is 2.45. The van der Waals surface area contributed by atoms with Gasteiger partial charge in [-0.15, -0.1) is 0 Å². The van der Waals surface area contributed by atoms with Gasteiger partial charge in [0.25, 0.3) is 0 Å². The Bertz CT molecular complexity index is 1170. The van der Waals surface area contributed by atoms with Crippen LogP contribution in [-0.2, 0) is 5.54 Å². The normalized spacial score (nSPS) is 19.8. The number of fused-ring (bicyclic) bond motifs is 1. The maximum atomic E-state index is 6.67. The fraction of sp³-hybridized carbons (Fsp3) is 0.478. The van der Waals surface area contributed by atoms with Gasteiger partial charge in [0.15, 0.2) is 28.0 Å². The van der Waals surface area contributed by atoms with E-state index in [4.69, 9.17) is 43.1 Å². The van der Waals surface area contributed by atoms with Crippen molar-refractivity contribution in [3.05, 3.63) is 40.0 Å².